The molecule has 0 fully saturated rings. The Kier molecular flexibility index (Phi) is 5.20. The minimum Gasteiger partial charge on any atom is -0.322 e. The lowest BCUT2D eigenvalue weighted by Gasteiger charge is -2.09. The second-order valence-corrected chi connectivity index (χ2v) is 5.45. The molecular formula is C15H10ClFN2OS. The Labute approximate surface area is 130 Å². The molecule has 0 aromatic heterocycles. The average Bonchev–Trinajstić information content (AvgIpc) is 2.49. The molecule has 0 atom stereocenters. The second-order valence-electron chi connectivity index (χ2n) is 4.03. The Bertz CT molecular complexity index is 715. The van der Waals surface area contributed by atoms with Gasteiger partial charge in [-0.05, 0) is 30.3 Å². The summed E-state index contributed by atoms with van der Waals surface area (Å²) in [5.41, 5.74) is 0.865. The zero-order chi connectivity index (χ0) is 15.2. The van der Waals surface area contributed by atoms with Crippen molar-refractivity contribution < 1.29 is 9.18 Å². The van der Waals surface area contributed by atoms with E-state index in [2.05, 4.69) is 5.32 Å². The Balaban J connectivity index is 2.20. The van der Waals surface area contributed by atoms with Crippen LogP contribution >= 0.6 is 23.4 Å². The molecule has 2 aromatic rings. The summed E-state index contributed by atoms with van der Waals surface area (Å²) in [7, 11) is 0. The lowest BCUT2D eigenvalue weighted by molar-refractivity contribution is 0.102. The van der Waals surface area contributed by atoms with Gasteiger partial charge >= 0.3 is 0 Å². The van der Waals surface area contributed by atoms with Gasteiger partial charge in [0.2, 0.25) is 0 Å². The van der Waals surface area contributed by atoms with Crippen LogP contribution in [0.4, 0.5) is 10.1 Å². The van der Waals surface area contributed by atoms with Gasteiger partial charge in [0.15, 0.2) is 0 Å². The summed E-state index contributed by atoms with van der Waals surface area (Å²) in [5.74, 6) is -0.620. The molecule has 0 spiro atoms. The van der Waals surface area contributed by atoms with Gasteiger partial charge in [-0.3, -0.25) is 4.79 Å². The lowest BCUT2D eigenvalue weighted by atomic mass is 10.2. The van der Waals surface area contributed by atoms with Crippen LogP contribution in [0.25, 0.3) is 0 Å². The molecule has 1 N–H and O–H groups in total. The van der Waals surface area contributed by atoms with Gasteiger partial charge in [0.25, 0.3) is 5.91 Å². The Morgan fingerprint density at radius 3 is 2.81 bits per heavy atom. The van der Waals surface area contributed by atoms with Crippen LogP contribution in [0.3, 0.4) is 0 Å². The number of nitriles is 1. The fraction of sp³-hybridized carbons (Fsp3) is 0.0667. The van der Waals surface area contributed by atoms with Crippen molar-refractivity contribution in [1.29, 1.82) is 5.26 Å². The van der Waals surface area contributed by atoms with Crippen molar-refractivity contribution in [3.63, 3.8) is 0 Å². The molecule has 0 aliphatic carbocycles. The third-order valence-corrected chi connectivity index (χ3v) is 3.83. The molecule has 0 saturated carbocycles. The van der Waals surface area contributed by atoms with E-state index in [0.717, 1.165) is 0 Å². The number of hydrogen-bond acceptors (Lipinski definition) is 3. The minimum absolute atomic E-state index is 0.0556. The Morgan fingerprint density at radius 1 is 1.33 bits per heavy atom. The summed E-state index contributed by atoms with van der Waals surface area (Å²) in [5, 5.41) is 11.2. The van der Waals surface area contributed by atoms with Crippen molar-refractivity contribution in [2.24, 2.45) is 0 Å². The van der Waals surface area contributed by atoms with Crippen molar-refractivity contribution in [3.8, 4) is 6.07 Å². The fourth-order valence-corrected chi connectivity index (χ4v) is 2.55. The highest BCUT2D eigenvalue weighted by atomic mass is 35.5. The van der Waals surface area contributed by atoms with Crippen LogP contribution in [0, 0.1) is 17.1 Å². The van der Waals surface area contributed by atoms with E-state index in [9.17, 15) is 9.18 Å². The SMILES string of the molecule is N#CCSc1ccccc1C(=O)Nc1ccc(F)c(Cl)c1. The molecular weight excluding hydrogens is 311 g/mol. The van der Waals surface area contributed by atoms with Crippen LogP contribution in [0.5, 0.6) is 0 Å². The van der Waals surface area contributed by atoms with Crippen LogP contribution in [-0.2, 0) is 0 Å². The number of halogens is 2. The van der Waals surface area contributed by atoms with Gasteiger partial charge in [0.1, 0.15) is 5.82 Å². The molecule has 0 saturated heterocycles. The Morgan fingerprint density at radius 2 is 2.10 bits per heavy atom. The maximum absolute atomic E-state index is 13.1. The first-order valence-corrected chi connectivity index (χ1v) is 7.33. The van der Waals surface area contributed by atoms with Gasteiger partial charge in [-0.2, -0.15) is 5.26 Å². The van der Waals surface area contributed by atoms with E-state index in [1.165, 1.54) is 30.0 Å². The third kappa shape index (κ3) is 3.97. The molecule has 21 heavy (non-hydrogen) atoms. The number of anilines is 1. The molecule has 6 heteroatoms. The van der Waals surface area contributed by atoms with E-state index in [1.807, 2.05) is 6.07 Å². The highest BCUT2D eigenvalue weighted by molar-refractivity contribution is 7.99. The fourth-order valence-electron chi connectivity index (χ4n) is 1.66. The van der Waals surface area contributed by atoms with Gasteiger partial charge in [-0.15, -0.1) is 11.8 Å². The average molecular weight is 321 g/mol. The van der Waals surface area contributed by atoms with Crippen molar-refractivity contribution in [2.45, 2.75) is 4.90 Å². The van der Waals surface area contributed by atoms with E-state index in [-0.39, 0.29) is 16.7 Å². The van der Waals surface area contributed by atoms with E-state index in [4.69, 9.17) is 16.9 Å². The van der Waals surface area contributed by atoms with Crippen LogP contribution in [0.2, 0.25) is 5.02 Å². The first kappa shape index (κ1) is 15.4. The second kappa shape index (κ2) is 7.11. The van der Waals surface area contributed by atoms with Crippen LogP contribution in [-0.4, -0.2) is 11.7 Å². The summed E-state index contributed by atoms with van der Waals surface area (Å²) in [4.78, 5) is 13.0. The predicted molar refractivity (Wildman–Crippen MR) is 82.1 cm³/mol. The third-order valence-electron chi connectivity index (χ3n) is 2.60. The molecule has 106 valence electrons. The number of benzene rings is 2. The zero-order valence-electron chi connectivity index (χ0n) is 10.8. The molecule has 0 aliphatic rings. The monoisotopic (exact) mass is 320 g/mol. The van der Waals surface area contributed by atoms with E-state index < -0.39 is 5.82 Å². The van der Waals surface area contributed by atoms with Crippen molar-refractivity contribution in [2.75, 3.05) is 11.1 Å². The predicted octanol–water partition coefficient (Wildman–Crippen LogP) is 4.35. The van der Waals surface area contributed by atoms with Gasteiger partial charge in [0, 0.05) is 10.6 Å². The van der Waals surface area contributed by atoms with Gasteiger partial charge in [-0.25, -0.2) is 4.39 Å². The number of carbonyl (C=O) groups is 1. The molecule has 0 aliphatic heterocycles. The van der Waals surface area contributed by atoms with E-state index in [1.54, 1.807) is 24.3 Å². The number of nitrogens with one attached hydrogen (secondary N) is 1. The highest BCUT2D eigenvalue weighted by Crippen LogP contribution is 2.24. The van der Waals surface area contributed by atoms with Crippen molar-refractivity contribution >= 4 is 35.0 Å². The minimum atomic E-state index is -0.542. The van der Waals surface area contributed by atoms with E-state index in [0.29, 0.717) is 16.1 Å². The number of thioether (sulfide) groups is 1. The van der Waals surface area contributed by atoms with Crippen molar-refractivity contribution in [3.05, 3.63) is 58.9 Å². The summed E-state index contributed by atoms with van der Waals surface area (Å²) in [6, 6.07) is 13.0. The standard InChI is InChI=1S/C15H10ClFN2OS/c16-12-9-10(5-6-13(12)17)19-15(20)11-3-1-2-4-14(11)21-8-7-18/h1-6,9H,8H2,(H,19,20). The molecule has 0 radical (unpaired) electrons. The molecule has 0 unspecified atom stereocenters. The molecule has 0 bridgehead atoms. The maximum Gasteiger partial charge on any atom is 0.256 e. The van der Waals surface area contributed by atoms with Crippen LogP contribution in [0.15, 0.2) is 47.4 Å². The quantitative estimate of drug-likeness (QED) is 0.852. The van der Waals surface area contributed by atoms with Gasteiger partial charge < -0.3 is 5.32 Å². The zero-order valence-corrected chi connectivity index (χ0v) is 12.3. The molecule has 3 nitrogen and oxygen atoms in total. The molecule has 1 amide bonds. The first-order chi connectivity index (χ1) is 10.1. The van der Waals surface area contributed by atoms with Crippen LogP contribution in [0.1, 0.15) is 10.4 Å². The van der Waals surface area contributed by atoms with Gasteiger partial charge in [-0.1, -0.05) is 23.7 Å². The number of hydrogen-bond donors (Lipinski definition) is 1. The highest BCUT2D eigenvalue weighted by Gasteiger charge is 2.12. The maximum atomic E-state index is 13.1. The van der Waals surface area contributed by atoms with Crippen LogP contribution < -0.4 is 5.32 Å². The summed E-state index contributed by atoms with van der Waals surface area (Å²) in [6.07, 6.45) is 0. The first-order valence-electron chi connectivity index (χ1n) is 5.97. The number of carbonyl (C=O) groups excluding carboxylic acids is 1. The summed E-state index contributed by atoms with van der Waals surface area (Å²) in [6.45, 7) is 0. The largest absolute Gasteiger partial charge is 0.322 e. The molecule has 2 aromatic carbocycles. The number of amides is 1. The Hall–Kier alpha value is -2.03. The topological polar surface area (TPSA) is 52.9 Å². The molecule has 2 rings (SSSR count). The summed E-state index contributed by atoms with van der Waals surface area (Å²) < 4.78 is 13.1. The van der Waals surface area contributed by atoms with Crippen molar-refractivity contribution in [1.82, 2.24) is 0 Å². The smallest absolute Gasteiger partial charge is 0.256 e. The molecule has 0 heterocycles. The number of rotatable bonds is 4. The number of nitrogens with zero attached hydrogens (tertiary/aromatic N) is 1. The summed E-state index contributed by atoms with van der Waals surface area (Å²) >= 11 is 6.96. The van der Waals surface area contributed by atoms with E-state index >= 15 is 0 Å². The van der Waals surface area contributed by atoms with Gasteiger partial charge in [0.05, 0.1) is 22.4 Å². The lowest BCUT2D eigenvalue weighted by Crippen LogP contribution is -2.13. The normalized spacial score (nSPS) is 9.95.